The fraction of sp³-hybridized carbons (Fsp3) is 0.708. The number of sulfonamides is 1. The number of hydrogen-bond acceptors (Lipinski definition) is 3. The van der Waals surface area contributed by atoms with Crippen LogP contribution in [0.2, 0.25) is 0 Å². The summed E-state index contributed by atoms with van der Waals surface area (Å²) in [6.45, 7) is 0.928. The van der Waals surface area contributed by atoms with Crippen LogP contribution in [0.15, 0.2) is 29.2 Å². The second kappa shape index (κ2) is 8.69. The molecule has 0 spiro atoms. The molecule has 4 saturated carbocycles. The predicted octanol–water partition coefficient (Wildman–Crippen LogP) is 4.37. The molecule has 1 atom stereocenters. The Hall–Kier alpha value is -1.81. The van der Waals surface area contributed by atoms with E-state index >= 15 is 0 Å². The number of urea groups is 1. The summed E-state index contributed by atoms with van der Waals surface area (Å²) in [4.78, 5) is 12.6. The van der Waals surface area contributed by atoms with Gasteiger partial charge in [0.2, 0.25) is 10.0 Å². The molecule has 34 heavy (non-hydrogen) atoms. The summed E-state index contributed by atoms with van der Waals surface area (Å²) in [7, 11) is -3.89. The molecule has 4 bridgehead atoms. The molecule has 188 valence electrons. The van der Waals surface area contributed by atoms with Crippen molar-refractivity contribution in [2.45, 2.75) is 68.0 Å². The van der Waals surface area contributed by atoms with Crippen LogP contribution in [0.25, 0.3) is 0 Å². The lowest BCUT2D eigenvalue weighted by Gasteiger charge is -2.56. The fourth-order valence-corrected chi connectivity index (χ4v) is 8.72. The lowest BCUT2D eigenvalue weighted by molar-refractivity contribution is -0.137. The lowest BCUT2D eigenvalue weighted by atomic mass is 9.53. The summed E-state index contributed by atoms with van der Waals surface area (Å²) in [5.74, 6) is 2.15. The number of amides is 2. The summed E-state index contributed by atoms with van der Waals surface area (Å²) in [6, 6.07) is 3.44. The van der Waals surface area contributed by atoms with Crippen LogP contribution in [-0.4, -0.2) is 43.9 Å². The molecular formula is C24H32F3N3O3S. The summed E-state index contributed by atoms with van der Waals surface area (Å²) in [5, 5.41) is 6.24. The third kappa shape index (κ3) is 4.80. The smallest absolute Gasteiger partial charge is 0.338 e. The lowest BCUT2D eigenvalue weighted by Crippen LogP contribution is -2.61. The molecule has 1 aromatic carbocycles. The van der Waals surface area contributed by atoms with Gasteiger partial charge in [0, 0.05) is 25.2 Å². The van der Waals surface area contributed by atoms with E-state index in [1.54, 1.807) is 0 Å². The Kier molecular flexibility index (Phi) is 6.11. The van der Waals surface area contributed by atoms with E-state index in [2.05, 4.69) is 10.6 Å². The highest BCUT2D eigenvalue weighted by Gasteiger charge is 2.51. The summed E-state index contributed by atoms with van der Waals surface area (Å²) in [6.07, 6.45) is 4.01. The number of nitrogens with zero attached hydrogens (tertiary/aromatic N) is 1. The summed E-state index contributed by atoms with van der Waals surface area (Å²) in [5.41, 5.74) is -0.958. The molecule has 1 saturated heterocycles. The molecule has 0 radical (unpaired) electrons. The van der Waals surface area contributed by atoms with Crippen molar-refractivity contribution in [1.29, 1.82) is 0 Å². The maximum Gasteiger partial charge on any atom is 0.416 e. The quantitative estimate of drug-likeness (QED) is 0.632. The second-order valence-corrected chi connectivity index (χ2v) is 12.9. The van der Waals surface area contributed by atoms with E-state index in [0.29, 0.717) is 19.5 Å². The van der Waals surface area contributed by atoms with Gasteiger partial charge in [0.25, 0.3) is 0 Å². The van der Waals surface area contributed by atoms with Crippen LogP contribution < -0.4 is 10.6 Å². The van der Waals surface area contributed by atoms with Gasteiger partial charge < -0.3 is 10.6 Å². The van der Waals surface area contributed by atoms with E-state index in [9.17, 15) is 26.4 Å². The minimum atomic E-state index is -4.51. The van der Waals surface area contributed by atoms with Gasteiger partial charge >= 0.3 is 12.2 Å². The van der Waals surface area contributed by atoms with Crippen molar-refractivity contribution in [2.75, 3.05) is 19.6 Å². The predicted molar refractivity (Wildman–Crippen MR) is 120 cm³/mol. The first kappa shape index (κ1) is 23.9. The highest BCUT2D eigenvalue weighted by Crippen LogP contribution is 2.55. The Bertz CT molecular complexity index is 991. The molecular weight excluding hydrogens is 467 g/mol. The average Bonchev–Trinajstić information content (AvgIpc) is 2.76. The van der Waals surface area contributed by atoms with Gasteiger partial charge in [-0.15, -0.1) is 0 Å². The Morgan fingerprint density at radius 3 is 2.18 bits per heavy atom. The number of carbonyl (C=O) groups excluding carboxylic acids is 1. The number of nitrogens with one attached hydrogen (secondary N) is 2. The van der Waals surface area contributed by atoms with Crippen molar-refractivity contribution < 1.29 is 26.4 Å². The molecule has 2 amide bonds. The van der Waals surface area contributed by atoms with Gasteiger partial charge in [0.15, 0.2) is 0 Å². The zero-order valence-corrected chi connectivity index (χ0v) is 19.9. The first-order chi connectivity index (χ1) is 16.0. The first-order valence-electron chi connectivity index (χ1n) is 12.3. The molecule has 10 heteroatoms. The number of carbonyl (C=O) groups is 1. The average molecular weight is 500 g/mol. The second-order valence-electron chi connectivity index (χ2n) is 10.9. The molecule has 6 rings (SSSR count). The Balaban J connectivity index is 1.16. The van der Waals surface area contributed by atoms with Crippen molar-refractivity contribution in [3.05, 3.63) is 29.8 Å². The number of halogens is 3. The fourth-order valence-electron chi connectivity index (χ4n) is 7.16. The number of benzene rings is 1. The van der Waals surface area contributed by atoms with Crippen LogP contribution in [0.3, 0.4) is 0 Å². The molecule has 0 aromatic heterocycles. The monoisotopic (exact) mass is 499 g/mol. The Morgan fingerprint density at radius 1 is 1.03 bits per heavy atom. The molecule has 1 heterocycles. The van der Waals surface area contributed by atoms with Crippen LogP contribution >= 0.6 is 0 Å². The Morgan fingerprint density at radius 2 is 1.62 bits per heavy atom. The van der Waals surface area contributed by atoms with E-state index in [4.69, 9.17) is 0 Å². The molecule has 1 unspecified atom stereocenters. The summed E-state index contributed by atoms with van der Waals surface area (Å²) >= 11 is 0. The van der Waals surface area contributed by atoms with Crippen molar-refractivity contribution >= 4 is 16.1 Å². The third-order valence-electron chi connectivity index (χ3n) is 8.27. The van der Waals surface area contributed by atoms with E-state index in [-0.39, 0.29) is 28.9 Å². The minimum Gasteiger partial charge on any atom is -0.338 e. The zero-order valence-electron chi connectivity index (χ0n) is 19.1. The van der Waals surface area contributed by atoms with Crippen molar-refractivity contribution in [3.8, 4) is 0 Å². The van der Waals surface area contributed by atoms with Crippen molar-refractivity contribution in [3.63, 3.8) is 0 Å². The van der Waals surface area contributed by atoms with Crippen LogP contribution in [0.4, 0.5) is 18.0 Å². The first-order valence-corrected chi connectivity index (χ1v) is 13.7. The van der Waals surface area contributed by atoms with Gasteiger partial charge in [0.1, 0.15) is 0 Å². The molecule has 1 aromatic rings. The van der Waals surface area contributed by atoms with E-state index in [0.717, 1.165) is 67.7 Å². The molecule has 6 nitrogen and oxygen atoms in total. The Labute approximate surface area is 198 Å². The number of rotatable bonds is 5. The van der Waals surface area contributed by atoms with E-state index in [1.807, 2.05) is 0 Å². The highest BCUT2D eigenvalue weighted by atomic mass is 32.2. The van der Waals surface area contributed by atoms with Gasteiger partial charge in [0.05, 0.1) is 10.5 Å². The van der Waals surface area contributed by atoms with Gasteiger partial charge in [-0.2, -0.15) is 17.5 Å². The summed E-state index contributed by atoms with van der Waals surface area (Å²) < 4.78 is 65.7. The highest BCUT2D eigenvalue weighted by molar-refractivity contribution is 7.89. The van der Waals surface area contributed by atoms with Crippen molar-refractivity contribution in [2.24, 2.45) is 23.7 Å². The van der Waals surface area contributed by atoms with Crippen LogP contribution in [0, 0.1) is 23.7 Å². The van der Waals surface area contributed by atoms with Gasteiger partial charge in [-0.3, -0.25) is 0 Å². The van der Waals surface area contributed by atoms with Crippen LogP contribution in [0.5, 0.6) is 0 Å². The maximum absolute atomic E-state index is 13.0. The van der Waals surface area contributed by atoms with Gasteiger partial charge in [-0.25, -0.2) is 13.2 Å². The standard InChI is InChI=1S/C24H32F3N3O3S/c25-24(26,27)20-3-5-21(6-4-20)34(32,33)30-7-1-2-16(15-30)14-28-22(31)29-23-11-17-8-18(12-23)10-19(9-17)13-23/h3-6,16-19H,1-2,7-15H2,(H2,28,29,31). The van der Waals surface area contributed by atoms with Gasteiger partial charge in [-0.1, -0.05) is 0 Å². The molecule has 2 N–H and O–H groups in total. The van der Waals surface area contributed by atoms with Crippen LogP contribution in [0.1, 0.15) is 56.9 Å². The molecule has 1 aliphatic heterocycles. The van der Waals surface area contributed by atoms with Crippen LogP contribution in [-0.2, 0) is 16.2 Å². The SMILES string of the molecule is O=C(NCC1CCCN(S(=O)(=O)c2ccc(C(F)(F)F)cc2)C1)NC12CC3CC(CC(C3)C1)C2. The topological polar surface area (TPSA) is 78.5 Å². The number of hydrogen-bond donors (Lipinski definition) is 2. The van der Waals surface area contributed by atoms with Gasteiger partial charge in [-0.05, 0) is 99.3 Å². The normalized spacial score (nSPS) is 33.6. The minimum absolute atomic E-state index is 0.0416. The number of alkyl halides is 3. The molecule has 4 aliphatic carbocycles. The van der Waals surface area contributed by atoms with Crippen molar-refractivity contribution in [1.82, 2.24) is 14.9 Å². The number of piperidine rings is 1. The van der Waals surface area contributed by atoms with E-state index in [1.165, 1.54) is 23.6 Å². The molecule has 5 fully saturated rings. The third-order valence-corrected chi connectivity index (χ3v) is 10.1. The molecule has 5 aliphatic rings. The maximum atomic E-state index is 13.0. The van der Waals surface area contributed by atoms with E-state index < -0.39 is 21.8 Å². The zero-order chi connectivity index (χ0) is 24.1. The largest absolute Gasteiger partial charge is 0.416 e.